The second kappa shape index (κ2) is 13.7. The van der Waals surface area contributed by atoms with E-state index < -0.39 is 5.41 Å². The second-order valence-corrected chi connectivity index (χ2v) is 16.4. The minimum atomic E-state index is -0.558. The first-order valence-electron chi connectivity index (χ1n) is 20.7. The monoisotopic (exact) mass is 753 g/mol. The minimum absolute atomic E-state index is 0.299. The Bertz CT molecular complexity index is 2930. The van der Waals surface area contributed by atoms with E-state index in [4.69, 9.17) is 0 Å². The van der Waals surface area contributed by atoms with Gasteiger partial charge in [0.1, 0.15) is 0 Å². The van der Waals surface area contributed by atoms with E-state index in [0.717, 1.165) is 11.4 Å². The van der Waals surface area contributed by atoms with Gasteiger partial charge in [0.2, 0.25) is 0 Å². The maximum atomic E-state index is 2.60. The van der Waals surface area contributed by atoms with Crippen molar-refractivity contribution in [3.8, 4) is 44.5 Å². The molecule has 0 fully saturated rings. The summed E-state index contributed by atoms with van der Waals surface area (Å²) in [6, 6.07) is 83.0. The summed E-state index contributed by atoms with van der Waals surface area (Å²) >= 11 is 0. The van der Waals surface area contributed by atoms with E-state index in [1.165, 1.54) is 83.6 Å². The van der Waals surface area contributed by atoms with Crippen molar-refractivity contribution in [1.29, 1.82) is 0 Å². The van der Waals surface area contributed by atoms with E-state index in [9.17, 15) is 0 Å². The first-order chi connectivity index (χ1) is 29.0. The molecule has 1 nitrogen and oxygen atoms in total. The van der Waals surface area contributed by atoms with Crippen LogP contribution in [0.3, 0.4) is 0 Å². The van der Waals surface area contributed by atoms with Crippen molar-refractivity contribution in [1.82, 2.24) is 0 Å². The van der Waals surface area contributed by atoms with Crippen molar-refractivity contribution in [2.24, 2.45) is 0 Å². The van der Waals surface area contributed by atoms with Crippen LogP contribution in [0.2, 0.25) is 0 Å². The molecule has 59 heavy (non-hydrogen) atoms. The number of fused-ring (bicyclic) bond motifs is 6. The van der Waals surface area contributed by atoms with Gasteiger partial charge in [-0.15, -0.1) is 0 Å². The highest BCUT2D eigenvalue weighted by Crippen LogP contribution is 2.65. The average Bonchev–Trinajstić information content (AvgIpc) is 3.73. The van der Waals surface area contributed by atoms with E-state index in [0.29, 0.717) is 0 Å². The van der Waals surface area contributed by atoms with E-state index in [2.05, 4.69) is 243 Å². The number of hydrogen-bond acceptors (Lipinski definition) is 1. The largest absolute Gasteiger partial charge is 0.309 e. The zero-order valence-corrected chi connectivity index (χ0v) is 33.3. The van der Waals surface area contributed by atoms with Crippen molar-refractivity contribution in [3.05, 3.63) is 258 Å². The SMILES string of the molecule is CC1(C)c2cc(-c3ccccc3)ccc2-c2c1cc1c(c2N(c2ccccc2)c2ccc(-c3ccccc3)cc2)-c2ccccc2C1(c1ccccc1)c1ccccc1. The maximum absolute atomic E-state index is 2.60. The van der Waals surface area contributed by atoms with Gasteiger partial charge < -0.3 is 4.90 Å². The molecule has 9 aromatic rings. The fraction of sp³-hybridized carbons (Fsp3) is 0.0690. The fourth-order valence-corrected chi connectivity index (χ4v) is 10.2. The highest BCUT2D eigenvalue weighted by Gasteiger charge is 2.51. The highest BCUT2D eigenvalue weighted by atomic mass is 15.1. The summed E-state index contributed by atoms with van der Waals surface area (Å²) < 4.78 is 0. The van der Waals surface area contributed by atoms with Gasteiger partial charge in [-0.05, 0) is 97.1 Å². The molecule has 0 amide bonds. The van der Waals surface area contributed by atoms with Gasteiger partial charge in [0, 0.05) is 27.9 Å². The summed E-state index contributed by atoms with van der Waals surface area (Å²) in [7, 11) is 0. The lowest BCUT2D eigenvalue weighted by molar-refractivity contribution is 0.656. The number of para-hydroxylation sites is 1. The van der Waals surface area contributed by atoms with Crippen LogP contribution in [0.25, 0.3) is 44.5 Å². The van der Waals surface area contributed by atoms with E-state index >= 15 is 0 Å². The Kier molecular flexibility index (Phi) is 8.13. The number of anilines is 3. The second-order valence-electron chi connectivity index (χ2n) is 16.4. The van der Waals surface area contributed by atoms with Gasteiger partial charge in [-0.1, -0.05) is 208 Å². The van der Waals surface area contributed by atoms with Crippen molar-refractivity contribution in [2.75, 3.05) is 4.90 Å². The predicted octanol–water partition coefficient (Wildman–Crippen LogP) is 15.2. The smallest absolute Gasteiger partial charge is 0.0714 e. The molecule has 0 atom stereocenters. The molecule has 1 heteroatoms. The molecule has 2 aliphatic carbocycles. The Labute approximate surface area is 347 Å². The number of hydrogen-bond donors (Lipinski definition) is 0. The van der Waals surface area contributed by atoms with E-state index in [1.54, 1.807) is 0 Å². The Hall–Kier alpha value is -7.22. The molecule has 2 aliphatic rings. The number of rotatable bonds is 7. The maximum Gasteiger partial charge on any atom is 0.0714 e. The molecule has 0 radical (unpaired) electrons. The average molecular weight is 754 g/mol. The molecule has 9 aromatic carbocycles. The quantitative estimate of drug-likeness (QED) is 0.157. The molecule has 0 bridgehead atoms. The standard InChI is InChI=1S/C58H43N/c1-57(2)51-38-43(41-22-10-4-11-23-41)34-37-49(51)54-52(57)39-53-55(48-30-18-19-31-50(48)58(53,44-24-12-5-13-25-44)45-26-14-6-15-27-45)56(54)59(46-28-16-7-17-29-46)47-35-32-42(33-36-47)40-20-8-3-9-21-40/h3-39H,1-2H3. The van der Waals surface area contributed by atoms with Crippen molar-refractivity contribution in [2.45, 2.75) is 24.7 Å². The Morgan fingerprint density at radius 3 is 1.37 bits per heavy atom. The van der Waals surface area contributed by atoms with E-state index in [-0.39, 0.29) is 5.41 Å². The number of benzene rings is 9. The molecular formula is C58H43N. The Balaban J connectivity index is 1.29. The van der Waals surface area contributed by atoms with Crippen molar-refractivity contribution >= 4 is 17.1 Å². The van der Waals surface area contributed by atoms with Crippen LogP contribution in [0.4, 0.5) is 17.1 Å². The van der Waals surface area contributed by atoms with Gasteiger partial charge in [-0.3, -0.25) is 0 Å². The van der Waals surface area contributed by atoms with Gasteiger partial charge in [-0.25, -0.2) is 0 Å². The molecule has 0 aliphatic heterocycles. The fourth-order valence-electron chi connectivity index (χ4n) is 10.2. The summed E-state index contributed by atoms with van der Waals surface area (Å²) in [5.74, 6) is 0. The van der Waals surface area contributed by atoms with Gasteiger partial charge in [0.25, 0.3) is 0 Å². The summed E-state index contributed by atoms with van der Waals surface area (Å²) in [5.41, 5.74) is 20.5. The number of nitrogens with zero attached hydrogens (tertiary/aromatic N) is 1. The lowest BCUT2D eigenvalue weighted by Crippen LogP contribution is -2.29. The van der Waals surface area contributed by atoms with Gasteiger partial charge >= 0.3 is 0 Å². The Morgan fingerprint density at radius 2 is 0.763 bits per heavy atom. The summed E-state index contributed by atoms with van der Waals surface area (Å²) in [6.45, 7) is 4.86. The lowest BCUT2D eigenvalue weighted by Gasteiger charge is -2.36. The molecule has 0 saturated heterocycles. The molecule has 11 rings (SSSR count). The molecule has 0 spiro atoms. The lowest BCUT2D eigenvalue weighted by atomic mass is 9.66. The third-order valence-corrected chi connectivity index (χ3v) is 12.9. The van der Waals surface area contributed by atoms with Crippen LogP contribution in [-0.4, -0.2) is 0 Å². The molecule has 0 heterocycles. The topological polar surface area (TPSA) is 3.24 Å². The van der Waals surface area contributed by atoms with Crippen molar-refractivity contribution in [3.63, 3.8) is 0 Å². The van der Waals surface area contributed by atoms with Crippen LogP contribution in [0.5, 0.6) is 0 Å². The van der Waals surface area contributed by atoms with Crippen LogP contribution >= 0.6 is 0 Å². The normalized spacial score (nSPS) is 13.9. The minimum Gasteiger partial charge on any atom is -0.309 e. The highest BCUT2D eigenvalue weighted by molar-refractivity contribution is 6.07. The van der Waals surface area contributed by atoms with Gasteiger partial charge in [0.15, 0.2) is 0 Å². The molecule has 280 valence electrons. The van der Waals surface area contributed by atoms with Gasteiger partial charge in [0.05, 0.1) is 11.1 Å². The third kappa shape index (κ3) is 5.31. The molecule has 0 N–H and O–H groups in total. The first kappa shape index (κ1) is 35.0. The summed E-state index contributed by atoms with van der Waals surface area (Å²) in [4.78, 5) is 2.55. The molecule has 0 aromatic heterocycles. The zero-order chi connectivity index (χ0) is 39.6. The van der Waals surface area contributed by atoms with Crippen molar-refractivity contribution < 1.29 is 0 Å². The van der Waals surface area contributed by atoms with E-state index in [1.807, 2.05) is 0 Å². The third-order valence-electron chi connectivity index (χ3n) is 12.9. The predicted molar refractivity (Wildman–Crippen MR) is 247 cm³/mol. The summed E-state index contributed by atoms with van der Waals surface area (Å²) in [6.07, 6.45) is 0. The molecular weight excluding hydrogens is 711 g/mol. The van der Waals surface area contributed by atoms with Crippen LogP contribution in [0.15, 0.2) is 224 Å². The molecule has 0 unspecified atom stereocenters. The summed E-state index contributed by atoms with van der Waals surface area (Å²) in [5, 5.41) is 0. The van der Waals surface area contributed by atoms with Crippen LogP contribution in [0.1, 0.15) is 47.2 Å². The Morgan fingerprint density at radius 1 is 0.322 bits per heavy atom. The zero-order valence-electron chi connectivity index (χ0n) is 33.3. The van der Waals surface area contributed by atoms with Gasteiger partial charge in [-0.2, -0.15) is 0 Å². The first-order valence-corrected chi connectivity index (χ1v) is 20.7. The van der Waals surface area contributed by atoms with Crippen LogP contribution in [0, 0.1) is 0 Å². The van der Waals surface area contributed by atoms with Crippen LogP contribution in [-0.2, 0) is 10.8 Å². The molecule has 0 saturated carbocycles. The van der Waals surface area contributed by atoms with Crippen LogP contribution < -0.4 is 4.90 Å².